The molecule has 1 N–H and O–H groups in total. The van der Waals surface area contributed by atoms with Gasteiger partial charge in [-0.1, -0.05) is 19.1 Å². The Morgan fingerprint density at radius 2 is 2.15 bits per heavy atom. The van der Waals surface area contributed by atoms with Gasteiger partial charge in [-0.3, -0.25) is 0 Å². The van der Waals surface area contributed by atoms with Crippen LogP contribution in [0.25, 0.3) is 0 Å². The van der Waals surface area contributed by atoms with E-state index in [-0.39, 0.29) is 12.5 Å². The predicted octanol–water partition coefficient (Wildman–Crippen LogP) is 2.10. The Balaban J connectivity index is 2.99. The van der Waals surface area contributed by atoms with Crippen LogP contribution in [-0.4, -0.2) is 18.8 Å². The van der Waals surface area contributed by atoms with Crippen LogP contribution < -0.4 is 4.74 Å². The molecule has 13 heavy (non-hydrogen) atoms. The second kappa shape index (κ2) is 4.28. The number of ether oxygens (including phenoxy) is 1. The van der Waals surface area contributed by atoms with Gasteiger partial charge in [-0.25, -0.2) is 0 Å². The van der Waals surface area contributed by atoms with Crippen LogP contribution >= 0.6 is 0 Å². The fourth-order valence-electron chi connectivity index (χ4n) is 1.25. The van der Waals surface area contributed by atoms with E-state index in [2.05, 4.69) is 0 Å². The molecule has 0 unspecified atom stereocenters. The Labute approximate surface area is 79.2 Å². The molecule has 0 bridgehead atoms. The first-order valence-corrected chi connectivity index (χ1v) is 4.44. The van der Waals surface area contributed by atoms with Crippen LogP contribution in [0.15, 0.2) is 18.2 Å². The maximum atomic E-state index is 8.98. The number of hydrogen-bond donors (Lipinski definition) is 1. The maximum absolute atomic E-state index is 8.98. The summed E-state index contributed by atoms with van der Waals surface area (Å²) >= 11 is 0. The third-order valence-corrected chi connectivity index (χ3v) is 2.28. The first kappa shape index (κ1) is 10.1. The Morgan fingerprint density at radius 1 is 1.46 bits per heavy atom. The monoisotopic (exact) mass is 180 g/mol. The van der Waals surface area contributed by atoms with Gasteiger partial charge >= 0.3 is 0 Å². The van der Waals surface area contributed by atoms with Crippen LogP contribution in [0.2, 0.25) is 0 Å². The molecule has 0 radical (unpaired) electrons. The smallest absolute Gasteiger partial charge is 0.122 e. The molecule has 0 fully saturated rings. The van der Waals surface area contributed by atoms with Gasteiger partial charge in [0.05, 0.1) is 7.11 Å². The summed E-state index contributed by atoms with van der Waals surface area (Å²) < 4.78 is 5.20. The molecule has 2 heteroatoms. The summed E-state index contributed by atoms with van der Waals surface area (Å²) in [5.41, 5.74) is 2.24. The van der Waals surface area contributed by atoms with Crippen molar-refractivity contribution in [2.75, 3.05) is 13.7 Å². The van der Waals surface area contributed by atoms with E-state index in [1.54, 1.807) is 7.11 Å². The lowest BCUT2D eigenvalue weighted by molar-refractivity contribution is 0.273. The molecule has 0 aliphatic heterocycles. The second-order valence-corrected chi connectivity index (χ2v) is 3.31. The normalized spacial score (nSPS) is 12.6. The first-order chi connectivity index (χ1) is 6.19. The maximum Gasteiger partial charge on any atom is 0.122 e. The van der Waals surface area contributed by atoms with E-state index in [1.807, 2.05) is 32.0 Å². The van der Waals surface area contributed by atoms with E-state index in [1.165, 1.54) is 0 Å². The van der Waals surface area contributed by atoms with E-state index < -0.39 is 0 Å². The van der Waals surface area contributed by atoms with Crippen molar-refractivity contribution < 1.29 is 9.84 Å². The zero-order chi connectivity index (χ0) is 9.84. The first-order valence-electron chi connectivity index (χ1n) is 4.44. The van der Waals surface area contributed by atoms with Gasteiger partial charge in [0, 0.05) is 12.5 Å². The third kappa shape index (κ3) is 2.22. The Hall–Kier alpha value is -1.02. The molecule has 0 amide bonds. The number of rotatable bonds is 3. The molecular formula is C11H16O2. The Kier molecular flexibility index (Phi) is 3.32. The fraction of sp³-hybridized carbons (Fsp3) is 0.455. The van der Waals surface area contributed by atoms with Gasteiger partial charge < -0.3 is 9.84 Å². The molecule has 0 saturated carbocycles. The van der Waals surface area contributed by atoms with Crippen molar-refractivity contribution in [2.45, 2.75) is 19.8 Å². The zero-order valence-electron chi connectivity index (χ0n) is 8.37. The molecule has 0 aliphatic rings. The van der Waals surface area contributed by atoms with Gasteiger partial charge in [0.1, 0.15) is 5.75 Å². The standard InChI is InChI=1S/C11H16O2/c1-8-4-5-10(9(2)7-12)6-11(8)13-3/h4-6,9,12H,7H2,1-3H3/t9-/m0/s1. The Morgan fingerprint density at radius 3 is 2.69 bits per heavy atom. The summed E-state index contributed by atoms with van der Waals surface area (Å²) in [7, 11) is 1.66. The van der Waals surface area contributed by atoms with Crippen LogP contribution in [0.5, 0.6) is 5.75 Å². The number of aryl methyl sites for hydroxylation is 1. The number of aliphatic hydroxyl groups is 1. The van der Waals surface area contributed by atoms with Gasteiger partial charge in [0.25, 0.3) is 0 Å². The van der Waals surface area contributed by atoms with Gasteiger partial charge in [-0.15, -0.1) is 0 Å². The largest absolute Gasteiger partial charge is 0.496 e. The molecular weight excluding hydrogens is 164 g/mol. The average molecular weight is 180 g/mol. The van der Waals surface area contributed by atoms with E-state index in [9.17, 15) is 0 Å². The molecule has 0 aromatic heterocycles. The highest BCUT2D eigenvalue weighted by Crippen LogP contribution is 2.23. The van der Waals surface area contributed by atoms with Crippen LogP contribution in [0.4, 0.5) is 0 Å². The zero-order valence-corrected chi connectivity index (χ0v) is 8.37. The van der Waals surface area contributed by atoms with E-state index in [4.69, 9.17) is 9.84 Å². The van der Waals surface area contributed by atoms with Crippen molar-refractivity contribution in [1.29, 1.82) is 0 Å². The fourth-order valence-corrected chi connectivity index (χ4v) is 1.25. The number of aliphatic hydroxyl groups excluding tert-OH is 1. The molecule has 1 rings (SSSR count). The molecule has 0 saturated heterocycles. The molecule has 1 atom stereocenters. The molecule has 72 valence electrons. The Bertz CT molecular complexity index is 281. The minimum absolute atomic E-state index is 0.173. The number of benzene rings is 1. The van der Waals surface area contributed by atoms with Gasteiger partial charge in [-0.2, -0.15) is 0 Å². The molecule has 0 heterocycles. The average Bonchev–Trinajstić information content (AvgIpc) is 2.17. The lowest BCUT2D eigenvalue weighted by Crippen LogP contribution is -1.99. The molecule has 2 nitrogen and oxygen atoms in total. The summed E-state index contributed by atoms with van der Waals surface area (Å²) in [5.74, 6) is 1.06. The van der Waals surface area contributed by atoms with Gasteiger partial charge in [0.2, 0.25) is 0 Å². The molecule has 1 aromatic carbocycles. The van der Waals surface area contributed by atoms with Crippen molar-refractivity contribution in [2.24, 2.45) is 0 Å². The van der Waals surface area contributed by atoms with E-state index in [0.717, 1.165) is 16.9 Å². The van der Waals surface area contributed by atoms with Crippen molar-refractivity contribution in [1.82, 2.24) is 0 Å². The van der Waals surface area contributed by atoms with Gasteiger partial charge in [-0.05, 0) is 24.1 Å². The van der Waals surface area contributed by atoms with Crippen molar-refractivity contribution >= 4 is 0 Å². The van der Waals surface area contributed by atoms with Crippen LogP contribution in [0.1, 0.15) is 24.0 Å². The summed E-state index contributed by atoms with van der Waals surface area (Å²) in [6, 6.07) is 6.02. The highest BCUT2D eigenvalue weighted by atomic mass is 16.5. The van der Waals surface area contributed by atoms with E-state index in [0.29, 0.717) is 0 Å². The number of methoxy groups -OCH3 is 1. The van der Waals surface area contributed by atoms with Crippen molar-refractivity contribution in [3.8, 4) is 5.75 Å². The van der Waals surface area contributed by atoms with Crippen molar-refractivity contribution in [3.05, 3.63) is 29.3 Å². The van der Waals surface area contributed by atoms with Gasteiger partial charge in [0.15, 0.2) is 0 Å². The van der Waals surface area contributed by atoms with E-state index >= 15 is 0 Å². The molecule has 0 spiro atoms. The lowest BCUT2D eigenvalue weighted by Gasteiger charge is -2.11. The van der Waals surface area contributed by atoms with Crippen LogP contribution in [-0.2, 0) is 0 Å². The quantitative estimate of drug-likeness (QED) is 0.771. The van der Waals surface area contributed by atoms with Crippen LogP contribution in [0, 0.1) is 6.92 Å². The topological polar surface area (TPSA) is 29.5 Å². The predicted molar refractivity (Wildman–Crippen MR) is 53.2 cm³/mol. The summed E-state index contributed by atoms with van der Waals surface area (Å²) in [6.45, 7) is 4.17. The summed E-state index contributed by atoms with van der Waals surface area (Å²) in [4.78, 5) is 0. The molecule has 1 aromatic rings. The minimum Gasteiger partial charge on any atom is -0.496 e. The summed E-state index contributed by atoms with van der Waals surface area (Å²) in [5, 5.41) is 8.98. The lowest BCUT2D eigenvalue weighted by atomic mass is 10.0. The second-order valence-electron chi connectivity index (χ2n) is 3.31. The SMILES string of the molecule is COc1cc([C@@H](C)CO)ccc1C. The highest BCUT2D eigenvalue weighted by Gasteiger charge is 2.06. The molecule has 0 aliphatic carbocycles. The highest BCUT2D eigenvalue weighted by molar-refractivity contribution is 5.37. The summed E-state index contributed by atoms with van der Waals surface area (Å²) in [6.07, 6.45) is 0. The van der Waals surface area contributed by atoms with Crippen LogP contribution in [0.3, 0.4) is 0 Å². The minimum atomic E-state index is 0.173. The number of hydrogen-bond acceptors (Lipinski definition) is 2. The van der Waals surface area contributed by atoms with Crippen molar-refractivity contribution in [3.63, 3.8) is 0 Å². The third-order valence-electron chi connectivity index (χ3n) is 2.28.